The van der Waals surface area contributed by atoms with Gasteiger partial charge in [-0.1, -0.05) is 129 Å². The molecule has 4 heteroatoms. The molecule has 0 fully saturated rings. The van der Waals surface area contributed by atoms with Crippen molar-refractivity contribution in [3.8, 4) is 22.9 Å². The number of hydrogen-bond donors (Lipinski definition) is 0. The minimum atomic E-state index is -0.0959. The van der Waals surface area contributed by atoms with Crippen molar-refractivity contribution in [1.29, 1.82) is 5.26 Å². The second-order valence-electron chi connectivity index (χ2n) is 13.3. The lowest BCUT2D eigenvalue weighted by molar-refractivity contribution is 0.661. The van der Waals surface area contributed by atoms with Gasteiger partial charge in [0.25, 0.3) is 0 Å². The summed E-state index contributed by atoms with van der Waals surface area (Å²) < 4.78 is 2.44. The van der Waals surface area contributed by atoms with Gasteiger partial charge in [-0.2, -0.15) is 5.26 Å². The van der Waals surface area contributed by atoms with Crippen LogP contribution in [0.25, 0.3) is 44.3 Å². The Morgan fingerprint density at radius 1 is 0.680 bits per heavy atom. The summed E-state index contributed by atoms with van der Waals surface area (Å²) in [6, 6.07) is 50.7. The Kier molecular flexibility index (Phi) is 7.62. The Morgan fingerprint density at radius 3 is 2.22 bits per heavy atom. The predicted octanol–water partition coefficient (Wildman–Crippen LogP) is 11.3. The van der Waals surface area contributed by atoms with E-state index in [1.54, 1.807) is 6.07 Å². The van der Waals surface area contributed by atoms with Crippen LogP contribution >= 0.6 is 0 Å². The van der Waals surface area contributed by atoms with Crippen molar-refractivity contribution in [3.63, 3.8) is 0 Å². The Bertz CT molecular complexity index is 2590. The van der Waals surface area contributed by atoms with E-state index in [9.17, 15) is 5.26 Å². The largest absolute Gasteiger partial charge is 0.309 e. The van der Waals surface area contributed by atoms with Gasteiger partial charge in [0.1, 0.15) is 0 Å². The number of aliphatic imine (C=N–C) groups is 2. The molecule has 1 aliphatic rings. The van der Waals surface area contributed by atoms with Gasteiger partial charge in [0.05, 0.1) is 28.4 Å². The Morgan fingerprint density at radius 2 is 1.40 bits per heavy atom. The number of hydrogen-bond acceptors (Lipinski definition) is 2. The van der Waals surface area contributed by atoms with Crippen molar-refractivity contribution >= 4 is 39.1 Å². The highest BCUT2D eigenvalue weighted by molar-refractivity contribution is 6.16. The zero-order chi connectivity index (χ0) is 34.4. The standard InChI is InChI=1S/C46H36N4/c1-5-41(34-19-13-15-31(27-34)29-47)49-45(32-16-7-6-8-17-32)48-30(2)33-18-14-20-35(28-33)50-42-24-12-10-21-36(42)37-25-26-40-43(44(37)50)38-22-9-11-23-39(38)46(40,3)4/h5-28H,1-4H3/b41-5+,48-30+,49-45-. The maximum absolute atomic E-state index is 9.51. The van der Waals surface area contributed by atoms with E-state index in [2.05, 4.69) is 109 Å². The van der Waals surface area contributed by atoms with Gasteiger partial charge in [-0.25, -0.2) is 9.98 Å². The topological polar surface area (TPSA) is 53.4 Å². The van der Waals surface area contributed by atoms with Crippen LogP contribution in [-0.4, -0.2) is 16.1 Å². The smallest absolute Gasteiger partial charge is 0.160 e. The number of nitriles is 1. The van der Waals surface area contributed by atoms with Crippen molar-refractivity contribution in [3.05, 3.63) is 179 Å². The highest BCUT2D eigenvalue weighted by Gasteiger charge is 2.37. The van der Waals surface area contributed by atoms with Crippen LogP contribution in [0.5, 0.6) is 0 Å². The summed E-state index contributed by atoms with van der Waals surface area (Å²) >= 11 is 0. The zero-order valence-corrected chi connectivity index (χ0v) is 28.6. The first-order valence-corrected chi connectivity index (χ1v) is 17.0. The van der Waals surface area contributed by atoms with Gasteiger partial charge >= 0.3 is 0 Å². The Balaban J connectivity index is 1.30. The molecule has 0 aliphatic heterocycles. The van der Waals surface area contributed by atoms with E-state index in [1.807, 2.05) is 68.5 Å². The van der Waals surface area contributed by atoms with Gasteiger partial charge in [0.15, 0.2) is 5.84 Å². The normalized spacial score (nSPS) is 14.1. The van der Waals surface area contributed by atoms with E-state index < -0.39 is 0 Å². The van der Waals surface area contributed by atoms with Crippen molar-refractivity contribution < 1.29 is 0 Å². The molecule has 0 bridgehead atoms. The molecule has 1 heterocycles. The number of para-hydroxylation sites is 1. The molecule has 0 N–H and O–H groups in total. The number of amidine groups is 1. The quantitative estimate of drug-likeness (QED) is 0.136. The average Bonchev–Trinajstić information content (AvgIpc) is 3.62. The van der Waals surface area contributed by atoms with Gasteiger partial charge < -0.3 is 4.57 Å². The molecule has 6 aromatic carbocycles. The maximum Gasteiger partial charge on any atom is 0.160 e. The van der Waals surface area contributed by atoms with Gasteiger partial charge in [0, 0.05) is 44.3 Å². The van der Waals surface area contributed by atoms with Gasteiger partial charge in [-0.3, -0.25) is 0 Å². The molecule has 50 heavy (non-hydrogen) atoms. The lowest BCUT2D eigenvalue weighted by Gasteiger charge is -2.21. The lowest BCUT2D eigenvalue weighted by atomic mass is 9.82. The zero-order valence-electron chi connectivity index (χ0n) is 28.6. The van der Waals surface area contributed by atoms with E-state index in [0.717, 1.165) is 33.8 Å². The van der Waals surface area contributed by atoms with Gasteiger partial charge in [0.2, 0.25) is 0 Å². The number of nitrogens with zero attached hydrogens (tertiary/aromatic N) is 4. The van der Waals surface area contributed by atoms with Crippen LogP contribution in [0.15, 0.2) is 156 Å². The van der Waals surface area contributed by atoms with Crippen molar-refractivity contribution in [2.75, 3.05) is 0 Å². The van der Waals surface area contributed by atoms with Crippen LogP contribution in [-0.2, 0) is 5.41 Å². The highest BCUT2D eigenvalue weighted by atomic mass is 15.0. The van der Waals surface area contributed by atoms with E-state index in [-0.39, 0.29) is 5.41 Å². The molecule has 0 saturated carbocycles. The van der Waals surface area contributed by atoms with E-state index in [1.165, 1.54) is 44.1 Å². The molecular weight excluding hydrogens is 609 g/mol. The van der Waals surface area contributed by atoms with Crippen LogP contribution in [0.3, 0.4) is 0 Å². The highest BCUT2D eigenvalue weighted by Crippen LogP contribution is 2.52. The molecule has 1 aromatic heterocycles. The molecule has 0 saturated heterocycles. The molecule has 240 valence electrons. The molecule has 8 rings (SSSR count). The van der Waals surface area contributed by atoms with Crippen molar-refractivity contribution in [2.24, 2.45) is 9.98 Å². The molecule has 0 spiro atoms. The van der Waals surface area contributed by atoms with E-state index in [0.29, 0.717) is 11.4 Å². The Hall–Kier alpha value is -6.31. The number of fused-ring (bicyclic) bond motifs is 7. The minimum absolute atomic E-state index is 0.0959. The van der Waals surface area contributed by atoms with E-state index >= 15 is 0 Å². The van der Waals surface area contributed by atoms with Crippen LogP contribution in [0.1, 0.15) is 61.1 Å². The monoisotopic (exact) mass is 644 g/mol. The molecule has 0 unspecified atom stereocenters. The number of rotatable bonds is 5. The van der Waals surface area contributed by atoms with Crippen LogP contribution in [0.4, 0.5) is 0 Å². The van der Waals surface area contributed by atoms with Crippen molar-refractivity contribution in [2.45, 2.75) is 33.1 Å². The fourth-order valence-electron chi connectivity index (χ4n) is 7.50. The summed E-state index contributed by atoms with van der Waals surface area (Å²) in [6.07, 6.45) is 1.96. The first kappa shape index (κ1) is 31.0. The maximum atomic E-state index is 9.51. The third-order valence-corrected chi connectivity index (χ3v) is 9.99. The second kappa shape index (κ2) is 12.3. The molecule has 7 aromatic rings. The predicted molar refractivity (Wildman–Crippen MR) is 208 cm³/mol. The molecule has 0 atom stereocenters. The first-order valence-electron chi connectivity index (χ1n) is 17.0. The van der Waals surface area contributed by atoms with Crippen LogP contribution < -0.4 is 0 Å². The number of allylic oxidation sites excluding steroid dienone is 1. The van der Waals surface area contributed by atoms with Crippen molar-refractivity contribution in [1.82, 2.24) is 4.57 Å². The lowest BCUT2D eigenvalue weighted by Crippen LogP contribution is -2.14. The van der Waals surface area contributed by atoms with Crippen LogP contribution in [0.2, 0.25) is 0 Å². The summed E-state index contributed by atoms with van der Waals surface area (Å²) in [5.74, 6) is 0.609. The third-order valence-electron chi connectivity index (χ3n) is 9.99. The van der Waals surface area contributed by atoms with Gasteiger partial charge in [-0.05, 0) is 66.4 Å². The summed E-state index contributed by atoms with van der Waals surface area (Å²) in [5, 5.41) is 12.0. The number of aromatic nitrogens is 1. The molecular formula is C46H36N4. The van der Waals surface area contributed by atoms with E-state index in [4.69, 9.17) is 9.98 Å². The minimum Gasteiger partial charge on any atom is -0.309 e. The fraction of sp³-hybridized carbons (Fsp3) is 0.109. The summed E-state index contributed by atoms with van der Waals surface area (Å²) in [4.78, 5) is 10.3. The average molecular weight is 645 g/mol. The summed E-state index contributed by atoms with van der Waals surface area (Å²) in [7, 11) is 0. The second-order valence-corrected chi connectivity index (χ2v) is 13.3. The molecule has 0 amide bonds. The number of benzene rings is 6. The summed E-state index contributed by atoms with van der Waals surface area (Å²) in [5.41, 5.74) is 13.7. The molecule has 4 nitrogen and oxygen atoms in total. The summed E-state index contributed by atoms with van der Waals surface area (Å²) in [6.45, 7) is 8.68. The molecule has 0 radical (unpaired) electrons. The Labute approximate surface area is 293 Å². The van der Waals surface area contributed by atoms with Gasteiger partial charge in [-0.15, -0.1) is 0 Å². The molecule has 1 aliphatic carbocycles. The third kappa shape index (κ3) is 5.07. The van der Waals surface area contributed by atoms with Crippen LogP contribution in [0, 0.1) is 11.3 Å². The first-order chi connectivity index (χ1) is 24.4. The fourth-order valence-corrected chi connectivity index (χ4v) is 7.50. The SMILES string of the molecule is C/C=C(/N=C(\N=C(/C)c1cccc(-n2c3ccccc3c3ccc4c(c32)-c2ccccc2C4(C)C)c1)c1ccccc1)c1cccc(C#N)c1.